The zero-order valence-corrected chi connectivity index (χ0v) is 16.9. The van der Waals surface area contributed by atoms with Gasteiger partial charge in [-0.1, -0.05) is 80.9 Å². The van der Waals surface area contributed by atoms with Crippen LogP contribution in [0, 0.1) is 5.82 Å². The number of fused-ring (bicyclic) bond motifs is 1. The van der Waals surface area contributed by atoms with Gasteiger partial charge in [-0.25, -0.2) is 9.18 Å². The molecule has 148 valence electrons. The van der Waals surface area contributed by atoms with Crippen molar-refractivity contribution in [3.63, 3.8) is 0 Å². The number of esters is 1. The number of halogens is 1. The summed E-state index contributed by atoms with van der Waals surface area (Å²) in [6, 6.07) is 20.0. The first-order valence-corrected chi connectivity index (χ1v) is 10.3. The summed E-state index contributed by atoms with van der Waals surface area (Å²) in [6.07, 6.45) is 3.35. The Balaban J connectivity index is 1.63. The number of ether oxygens (including phenoxy) is 1. The van der Waals surface area contributed by atoms with E-state index in [1.165, 1.54) is 5.56 Å². The SMILES string of the molecule is CCCc1ccc(-c2ccc(-c3ccc4c(c3F)C(=O)OC(CC)C4)cc2)cc1. The Labute approximate surface area is 171 Å². The number of hydrogen-bond donors (Lipinski definition) is 0. The van der Waals surface area contributed by atoms with Crippen molar-refractivity contribution < 1.29 is 13.9 Å². The van der Waals surface area contributed by atoms with Gasteiger partial charge in [0.2, 0.25) is 0 Å². The Bertz CT molecular complexity index is 1020. The molecule has 4 rings (SSSR count). The molecular weight excluding hydrogens is 363 g/mol. The molecule has 0 aliphatic carbocycles. The van der Waals surface area contributed by atoms with Gasteiger partial charge in [-0.15, -0.1) is 0 Å². The van der Waals surface area contributed by atoms with Crippen LogP contribution in [0.2, 0.25) is 0 Å². The van der Waals surface area contributed by atoms with Crippen molar-refractivity contribution in [3.05, 3.63) is 83.2 Å². The van der Waals surface area contributed by atoms with E-state index in [4.69, 9.17) is 4.74 Å². The molecule has 1 aliphatic heterocycles. The summed E-state index contributed by atoms with van der Waals surface area (Å²) >= 11 is 0. The summed E-state index contributed by atoms with van der Waals surface area (Å²) in [7, 11) is 0. The first kappa shape index (κ1) is 19.4. The molecule has 0 bridgehead atoms. The van der Waals surface area contributed by atoms with Crippen LogP contribution in [0.15, 0.2) is 60.7 Å². The van der Waals surface area contributed by atoms with E-state index in [2.05, 4.69) is 31.2 Å². The summed E-state index contributed by atoms with van der Waals surface area (Å²) in [4.78, 5) is 12.3. The fraction of sp³-hybridized carbons (Fsp3) is 0.269. The molecule has 0 saturated heterocycles. The second-order valence-electron chi connectivity index (χ2n) is 7.63. The molecule has 0 fully saturated rings. The predicted molar refractivity (Wildman–Crippen MR) is 114 cm³/mol. The standard InChI is InChI=1S/C26H25FO2/c1-3-5-17-6-8-18(9-7-17)19-10-12-20(13-11-19)23-15-14-21-16-22(4-2)29-26(28)24(21)25(23)27/h6-15,22H,3-5,16H2,1-2H3. The fourth-order valence-electron chi connectivity index (χ4n) is 3.95. The largest absolute Gasteiger partial charge is 0.458 e. The highest BCUT2D eigenvalue weighted by Gasteiger charge is 2.29. The van der Waals surface area contributed by atoms with Gasteiger partial charge in [-0.2, -0.15) is 0 Å². The molecule has 3 aromatic rings. The lowest BCUT2D eigenvalue weighted by Crippen LogP contribution is -2.28. The van der Waals surface area contributed by atoms with Crippen molar-refractivity contribution in [2.45, 2.75) is 45.6 Å². The van der Waals surface area contributed by atoms with Crippen LogP contribution in [0.3, 0.4) is 0 Å². The van der Waals surface area contributed by atoms with E-state index in [1.54, 1.807) is 6.07 Å². The molecule has 2 nitrogen and oxygen atoms in total. The summed E-state index contributed by atoms with van der Waals surface area (Å²) in [5, 5.41) is 0. The van der Waals surface area contributed by atoms with Gasteiger partial charge in [0.05, 0.1) is 5.56 Å². The van der Waals surface area contributed by atoms with E-state index in [9.17, 15) is 4.79 Å². The van der Waals surface area contributed by atoms with Crippen molar-refractivity contribution in [2.75, 3.05) is 0 Å². The summed E-state index contributed by atoms with van der Waals surface area (Å²) < 4.78 is 20.5. The van der Waals surface area contributed by atoms with E-state index < -0.39 is 11.8 Å². The van der Waals surface area contributed by atoms with E-state index in [0.29, 0.717) is 12.0 Å². The minimum Gasteiger partial charge on any atom is -0.458 e. The number of cyclic esters (lactones) is 1. The molecular formula is C26H25FO2. The maximum absolute atomic E-state index is 15.2. The maximum Gasteiger partial charge on any atom is 0.341 e. The van der Waals surface area contributed by atoms with Gasteiger partial charge in [0, 0.05) is 12.0 Å². The molecule has 1 heterocycles. The number of rotatable bonds is 5. The Morgan fingerprint density at radius 3 is 2.14 bits per heavy atom. The third kappa shape index (κ3) is 3.82. The zero-order valence-electron chi connectivity index (χ0n) is 16.9. The molecule has 1 aliphatic rings. The molecule has 0 radical (unpaired) electrons. The van der Waals surface area contributed by atoms with Crippen LogP contribution >= 0.6 is 0 Å². The van der Waals surface area contributed by atoms with Crippen LogP contribution in [0.5, 0.6) is 0 Å². The third-order valence-electron chi connectivity index (χ3n) is 5.63. The van der Waals surface area contributed by atoms with Crippen molar-refractivity contribution in [1.82, 2.24) is 0 Å². The third-order valence-corrected chi connectivity index (χ3v) is 5.63. The molecule has 0 aromatic heterocycles. The number of aryl methyl sites for hydroxylation is 1. The van der Waals surface area contributed by atoms with Gasteiger partial charge in [0.25, 0.3) is 0 Å². The van der Waals surface area contributed by atoms with Crippen LogP contribution in [0.25, 0.3) is 22.3 Å². The van der Waals surface area contributed by atoms with Gasteiger partial charge < -0.3 is 4.74 Å². The maximum atomic E-state index is 15.2. The first-order chi connectivity index (χ1) is 14.1. The molecule has 1 unspecified atom stereocenters. The van der Waals surface area contributed by atoms with Crippen molar-refractivity contribution in [2.24, 2.45) is 0 Å². The van der Waals surface area contributed by atoms with E-state index in [-0.39, 0.29) is 11.7 Å². The van der Waals surface area contributed by atoms with Gasteiger partial charge >= 0.3 is 5.97 Å². The normalized spacial score (nSPS) is 15.7. The first-order valence-electron chi connectivity index (χ1n) is 10.3. The smallest absolute Gasteiger partial charge is 0.341 e. The minimum atomic E-state index is -0.554. The van der Waals surface area contributed by atoms with Crippen molar-refractivity contribution in [1.29, 1.82) is 0 Å². The van der Waals surface area contributed by atoms with Crippen LogP contribution in [-0.2, 0) is 17.6 Å². The predicted octanol–water partition coefficient (Wildman–Crippen LogP) is 6.60. The molecule has 0 spiro atoms. The quantitative estimate of drug-likeness (QED) is 0.460. The molecule has 3 heteroatoms. The van der Waals surface area contributed by atoms with Crippen LogP contribution in [0.1, 0.15) is 48.2 Å². The molecule has 29 heavy (non-hydrogen) atoms. The van der Waals surface area contributed by atoms with Crippen LogP contribution in [-0.4, -0.2) is 12.1 Å². The number of carbonyl (C=O) groups is 1. The second-order valence-corrected chi connectivity index (χ2v) is 7.63. The molecule has 0 saturated carbocycles. The highest BCUT2D eigenvalue weighted by atomic mass is 19.1. The monoisotopic (exact) mass is 388 g/mol. The van der Waals surface area contributed by atoms with Crippen molar-refractivity contribution >= 4 is 5.97 Å². The van der Waals surface area contributed by atoms with Gasteiger partial charge in [0.1, 0.15) is 11.9 Å². The van der Waals surface area contributed by atoms with Crippen LogP contribution < -0.4 is 0 Å². The van der Waals surface area contributed by atoms with Gasteiger partial charge in [-0.05, 0) is 40.7 Å². The molecule has 0 N–H and O–H groups in total. The number of carbonyl (C=O) groups excluding carboxylic acids is 1. The molecule has 0 amide bonds. The highest BCUT2D eigenvalue weighted by Crippen LogP contribution is 2.33. The summed E-state index contributed by atoms with van der Waals surface area (Å²) in [5.41, 5.74) is 5.56. The zero-order chi connectivity index (χ0) is 20.4. The van der Waals surface area contributed by atoms with Gasteiger partial charge in [0.15, 0.2) is 0 Å². The van der Waals surface area contributed by atoms with Gasteiger partial charge in [-0.3, -0.25) is 0 Å². The average molecular weight is 388 g/mol. The van der Waals surface area contributed by atoms with E-state index in [1.807, 2.05) is 37.3 Å². The average Bonchev–Trinajstić information content (AvgIpc) is 2.74. The Morgan fingerprint density at radius 2 is 1.52 bits per heavy atom. The van der Waals surface area contributed by atoms with Crippen LogP contribution in [0.4, 0.5) is 4.39 Å². The second kappa shape index (κ2) is 8.20. The molecule has 3 aromatic carbocycles. The topological polar surface area (TPSA) is 26.3 Å². The lowest BCUT2D eigenvalue weighted by molar-refractivity contribution is 0.0243. The lowest BCUT2D eigenvalue weighted by atomic mass is 9.92. The fourth-order valence-corrected chi connectivity index (χ4v) is 3.95. The van der Waals surface area contributed by atoms with E-state index >= 15 is 4.39 Å². The minimum absolute atomic E-state index is 0.0859. The Kier molecular flexibility index (Phi) is 5.48. The number of benzene rings is 3. The highest BCUT2D eigenvalue weighted by molar-refractivity contribution is 5.94. The van der Waals surface area contributed by atoms with Crippen molar-refractivity contribution in [3.8, 4) is 22.3 Å². The Morgan fingerprint density at radius 1 is 0.897 bits per heavy atom. The summed E-state index contributed by atoms with van der Waals surface area (Å²) in [6.45, 7) is 4.14. The molecule has 1 atom stereocenters. The van der Waals surface area contributed by atoms with E-state index in [0.717, 1.165) is 41.5 Å². The Hall–Kier alpha value is -2.94. The summed E-state index contributed by atoms with van der Waals surface area (Å²) in [5.74, 6) is -1.04. The number of hydrogen-bond acceptors (Lipinski definition) is 2. The lowest BCUT2D eigenvalue weighted by Gasteiger charge is -2.24.